The molecule has 3 aromatic carbocycles. The van der Waals surface area contributed by atoms with Crippen molar-refractivity contribution in [3.63, 3.8) is 0 Å². The Labute approximate surface area is 215 Å². The highest BCUT2D eigenvalue weighted by Gasteiger charge is 2.25. The average molecular weight is 496 g/mol. The van der Waals surface area contributed by atoms with Gasteiger partial charge in [0.05, 0.1) is 25.9 Å². The fourth-order valence-corrected chi connectivity index (χ4v) is 4.96. The number of carbonyl (C=O) groups excluding carboxylic acids is 1. The van der Waals surface area contributed by atoms with Crippen LogP contribution in [-0.4, -0.2) is 62.4 Å². The molecule has 0 unspecified atom stereocenters. The van der Waals surface area contributed by atoms with Gasteiger partial charge in [0.25, 0.3) is 5.91 Å². The monoisotopic (exact) mass is 495 g/mol. The summed E-state index contributed by atoms with van der Waals surface area (Å²) in [5.41, 5.74) is 6.16. The van der Waals surface area contributed by atoms with E-state index in [1.54, 1.807) is 7.11 Å². The molecule has 2 N–H and O–H groups in total. The third-order valence-electron chi connectivity index (χ3n) is 6.91. The minimum atomic E-state index is -0.113. The Balaban J connectivity index is 1.21. The topological polar surface area (TPSA) is 75.8 Å². The summed E-state index contributed by atoms with van der Waals surface area (Å²) in [7, 11) is 1.66. The maximum atomic E-state index is 12.9. The van der Waals surface area contributed by atoms with Crippen molar-refractivity contribution < 1.29 is 19.0 Å². The van der Waals surface area contributed by atoms with Gasteiger partial charge in [0.1, 0.15) is 18.1 Å². The van der Waals surface area contributed by atoms with Gasteiger partial charge in [0, 0.05) is 53.0 Å². The second kappa shape index (κ2) is 10.1. The molecule has 1 amide bonds. The maximum absolute atomic E-state index is 12.9. The maximum Gasteiger partial charge on any atom is 0.256 e. The molecule has 7 heteroatoms. The van der Waals surface area contributed by atoms with E-state index >= 15 is 0 Å². The van der Waals surface area contributed by atoms with Gasteiger partial charge in [-0.25, -0.2) is 0 Å². The van der Waals surface area contributed by atoms with E-state index < -0.39 is 0 Å². The lowest BCUT2D eigenvalue weighted by Crippen LogP contribution is -2.38. The molecule has 1 saturated heterocycles. The summed E-state index contributed by atoms with van der Waals surface area (Å²) in [6, 6.07) is 22.0. The number of nitrogens with one attached hydrogen (secondary N) is 2. The minimum Gasteiger partial charge on any atom is -0.496 e. The predicted octanol–water partition coefficient (Wildman–Crippen LogP) is 5.05. The summed E-state index contributed by atoms with van der Waals surface area (Å²) in [5, 5.41) is 4.06. The average Bonchev–Trinajstić information content (AvgIpc) is 3.48. The summed E-state index contributed by atoms with van der Waals surface area (Å²) < 4.78 is 16.9. The molecule has 3 heterocycles. The molecule has 1 fully saturated rings. The summed E-state index contributed by atoms with van der Waals surface area (Å²) in [6.07, 6.45) is 1.91. The molecule has 7 nitrogen and oxygen atoms in total. The third kappa shape index (κ3) is 4.83. The molecule has 2 aliphatic heterocycles. The van der Waals surface area contributed by atoms with Gasteiger partial charge in [0.2, 0.25) is 0 Å². The van der Waals surface area contributed by atoms with Crippen molar-refractivity contribution in [1.82, 2.24) is 9.88 Å². The molecule has 0 spiro atoms. The number of ether oxygens (including phenoxy) is 3. The molecule has 0 atom stereocenters. The molecule has 0 saturated carbocycles. The number of benzene rings is 3. The van der Waals surface area contributed by atoms with Crippen molar-refractivity contribution in [2.45, 2.75) is 0 Å². The third-order valence-corrected chi connectivity index (χ3v) is 6.91. The summed E-state index contributed by atoms with van der Waals surface area (Å²) in [6.45, 7) is 5.02. The number of hydrogen-bond acceptors (Lipinski definition) is 5. The van der Waals surface area contributed by atoms with Crippen molar-refractivity contribution >= 4 is 34.1 Å². The van der Waals surface area contributed by atoms with E-state index in [0.29, 0.717) is 12.2 Å². The van der Waals surface area contributed by atoms with Crippen molar-refractivity contribution in [3.8, 4) is 22.6 Å². The molecule has 188 valence electrons. The molecular weight excluding hydrogens is 466 g/mol. The number of H-pyrrole nitrogens is 1. The minimum absolute atomic E-state index is 0.113. The number of aromatic amines is 1. The first-order chi connectivity index (χ1) is 18.2. The van der Waals surface area contributed by atoms with E-state index in [-0.39, 0.29) is 5.91 Å². The lowest BCUT2D eigenvalue weighted by molar-refractivity contribution is -0.110. The Morgan fingerprint density at radius 2 is 1.86 bits per heavy atom. The zero-order valence-corrected chi connectivity index (χ0v) is 20.8. The highest BCUT2D eigenvalue weighted by atomic mass is 16.5. The van der Waals surface area contributed by atoms with E-state index in [4.69, 9.17) is 14.2 Å². The van der Waals surface area contributed by atoms with Crippen molar-refractivity contribution in [3.05, 3.63) is 78.0 Å². The number of hydrogen-bond donors (Lipinski definition) is 2. The highest BCUT2D eigenvalue weighted by Crippen LogP contribution is 2.38. The summed E-state index contributed by atoms with van der Waals surface area (Å²) in [4.78, 5) is 18.6. The van der Waals surface area contributed by atoms with Crippen molar-refractivity contribution in [2.75, 3.05) is 51.9 Å². The largest absolute Gasteiger partial charge is 0.496 e. The van der Waals surface area contributed by atoms with Crippen molar-refractivity contribution in [2.24, 2.45) is 0 Å². The van der Waals surface area contributed by atoms with Gasteiger partial charge in [-0.05, 0) is 48.0 Å². The lowest BCUT2D eigenvalue weighted by Gasteiger charge is -2.26. The van der Waals surface area contributed by atoms with Gasteiger partial charge in [-0.15, -0.1) is 0 Å². The molecule has 0 radical (unpaired) electrons. The van der Waals surface area contributed by atoms with Gasteiger partial charge in [0.15, 0.2) is 0 Å². The molecule has 4 aromatic rings. The smallest absolute Gasteiger partial charge is 0.256 e. The van der Waals surface area contributed by atoms with E-state index in [9.17, 15) is 4.79 Å². The number of morpholine rings is 1. The molecule has 1 aromatic heterocycles. The van der Waals surface area contributed by atoms with E-state index in [1.165, 1.54) is 0 Å². The quantitative estimate of drug-likeness (QED) is 0.351. The number of amides is 1. The molecule has 0 aliphatic carbocycles. The molecule has 2 aliphatic rings. The number of methoxy groups -OCH3 is 1. The zero-order valence-electron chi connectivity index (χ0n) is 20.8. The van der Waals surface area contributed by atoms with Crippen LogP contribution in [-0.2, 0) is 9.53 Å². The Hall–Kier alpha value is -4.07. The number of fused-ring (bicyclic) bond motifs is 2. The SMILES string of the molecule is COc1ccccc1-c1ccc2c(c1)NC(=O)/C2=C/c1cc2cc(OCCN3CCOCC3)ccc2[nH]1. The van der Waals surface area contributed by atoms with Gasteiger partial charge in [-0.1, -0.05) is 30.3 Å². The Kier molecular flexibility index (Phi) is 6.39. The predicted molar refractivity (Wildman–Crippen MR) is 146 cm³/mol. The van der Waals surface area contributed by atoms with Crippen LogP contribution >= 0.6 is 0 Å². The van der Waals surface area contributed by atoms with Crippen LogP contribution in [0.1, 0.15) is 11.3 Å². The fourth-order valence-electron chi connectivity index (χ4n) is 4.96. The van der Waals surface area contributed by atoms with Crippen LogP contribution in [0.5, 0.6) is 11.5 Å². The van der Waals surface area contributed by atoms with Crippen LogP contribution in [0.3, 0.4) is 0 Å². The highest BCUT2D eigenvalue weighted by molar-refractivity contribution is 6.35. The van der Waals surface area contributed by atoms with E-state index in [0.717, 1.165) is 83.3 Å². The van der Waals surface area contributed by atoms with Gasteiger partial charge in [-0.2, -0.15) is 0 Å². The standard InChI is InChI=1S/C30H29N3O4/c1-35-29-5-3-2-4-24(29)20-6-8-25-26(30(34)32-28(25)18-20)19-22-16-21-17-23(7-9-27(21)31-22)37-15-12-33-10-13-36-14-11-33/h2-9,16-19,31H,10-15H2,1H3,(H,32,34)/b26-19+. The van der Waals surface area contributed by atoms with Crippen LogP contribution < -0.4 is 14.8 Å². The van der Waals surface area contributed by atoms with E-state index in [2.05, 4.69) is 15.2 Å². The number of aromatic nitrogens is 1. The van der Waals surface area contributed by atoms with Crippen LogP contribution in [0.25, 0.3) is 33.7 Å². The Morgan fingerprint density at radius 1 is 1.00 bits per heavy atom. The van der Waals surface area contributed by atoms with Crippen LogP contribution in [0.4, 0.5) is 5.69 Å². The number of anilines is 1. The van der Waals surface area contributed by atoms with Crippen LogP contribution in [0, 0.1) is 0 Å². The second-order valence-corrected chi connectivity index (χ2v) is 9.25. The first-order valence-electron chi connectivity index (χ1n) is 12.5. The zero-order chi connectivity index (χ0) is 25.2. The van der Waals surface area contributed by atoms with Gasteiger partial charge >= 0.3 is 0 Å². The van der Waals surface area contributed by atoms with Gasteiger partial charge in [-0.3, -0.25) is 9.69 Å². The summed E-state index contributed by atoms with van der Waals surface area (Å²) >= 11 is 0. The first-order valence-corrected chi connectivity index (χ1v) is 12.5. The Morgan fingerprint density at radius 3 is 2.73 bits per heavy atom. The van der Waals surface area contributed by atoms with Crippen molar-refractivity contribution in [1.29, 1.82) is 0 Å². The number of carbonyl (C=O) groups is 1. The summed E-state index contributed by atoms with van der Waals surface area (Å²) in [5.74, 6) is 1.52. The number of rotatable bonds is 7. The molecular formula is C30H29N3O4. The first kappa shape index (κ1) is 23.3. The van der Waals surface area contributed by atoms with Crippen LogP contribution in [0.2, 0.25) is 0 Å². The Bertz CT molecular complexity index is 1480. The molecule has 0 bridgehead atoms. The normalized spacial score (nSPS) is 16.7. The molecule has 6 rings (SSSR count). The van der Waals surface area contributed by atoms with E-state index in [1.807, 2.05) is 72.8 Å². The van der Waals surface area contributed by atoms with Crippen LogP contribution in [0.15, 0.2) is 66.7 Å². The number of para-hydroxylation sites is 1. The number of nitrogens with zero attached hydrogens (tertiary/aromatic N) is 1. The lowest BCUT2D eigenvalue weighted by atomic mass is 9.99. The van der Waals surface area contributed by atoms with Gasteiger partial charge < -0.3 is 24.5 Å². The second-order valence-electron chi connectivity index (χ2n) is 9.25. The fraction of sp³-hybridized carbons (Fsp3) is 0.233. The molecule has 37 heavy (non-hydrogen) atoms.